The minimum Gasteiger partial charge on any atom is -0.481 e. The Kier molecular flexibility index (Phi) is 2.03. The number of hydrogen-bond acceptors (Lipinski definition) is 1. The normalized spacial score (nSPS) is 20.1. The Morgan fingerprint density at radius 3 is 2.75 bits per heavy atom. The molecule has 1 aromatic carbocycles. The molecule has 0 unspecified atom stereocenters. The van der Waals surface area contributed by atoms with E-state index in [-0.39, 0.29) is 0 Å². The third kappa shape index (κ3) is 2.38. The van der Waals surface area contributed by atoms with E-state index in [2.05, 4.69) is 0 Å². The van der Waals surface area contributed by atoms with Gasteiger partial charge in [-0.2, -0.15) is 0 Å². The lowest BCUT2D eigenvalue weighted by atomic mass is 10.2. The molecule has 0 aliphatic heterocycles. The molecule has 2 heteroatoms. The zero-order valence-corrected chi connectivity index (χ0v) is 6.82. The first-order valence-corrected chi connectivity index (χ1v) is 3.67. The van der Waals surface area contributed by atoms with Crippen LogP contribution in [0.1, 0.15) is 27.5 Å². The first-order chi connectivity index (χ1) is 6.46. The smallest absolute Gasteiger partial charge is 0.303 e. The topological polar surface area (TPSA) is 37.3 Å². The van der Waals surface area contributed by atoms with Gasteiger partial charge in [-0.3, -0.25) is 4.79 Å². The Hall–Kier alpha value is -1.31. The average molecular weight is 167 g/mol. The number of rotatable bonds is 3. The number of carbonyl (C=O) groups is 1. The minimum absolute atomic E-state index is 0.544. The summed E-state index contributed by atoms with van der Waals surface area (Å²) in [5.41, 5.74) is 0.544. The largest absolute Gasteiger partial charge is 0.481 e. The molecule has 0 aliphatic rings. The van der Waals surface area contributed by atoms with Crippen LogP contribution in [0.3, 0.4) is 0 Å². The average Bonchev–Trinajstić information content (AvgIpc) is 2.18. The van der Waals surface area contributed by atoms with Crippen molar-refractivity contribution in [2.45, 2.75) is 19.2 Å². The van der Waals surface area contributed by atoms with Gasteiger partial charge in [-0.05, 0) is 11.5 Å². The molecule has 0 saturated carbocycles. The molecule has 2 atom stereocenters. The molecule has 0 aromatic heterocycles. The summed E-state index contributed by atoms with van der Waals surface area (Å²) in [5.74, 6) is -2.68. The van der Waals surface area contributed by atoms with Gasteiger partial charge in [0.25, 0.3) is 0 Å². The Bertz CT molecular complexity index is 322. The van der Waals surface area contributed by atoms with E-state index in [1.165, 1.54) is 6.92 Å². The predicted molar refractivity (Wildman–Crippen MR) is 47.1 cm³/mol. The molecule has 64 valence electrons. The number of aliphatic carboxylic acids is 1. The highest BCUT2D eigenvalue weighted by atomic mass is 16.4. The molecule has 2 nitrogen and oxygen atoms in total. The van der Waals surface area contributed by atoms with Crippen LogP contribution in [0, 0.1) is 0 Å². The van der Waals surface area contributed by atoms with Crippen molar-refractivity contribution in [3.05, 3.63) is 35.9 Å². The van der Waals surface area contributed by atoms with E-state index in [0.29, 0.717) is 5.56 Å². The highest BCUT2D eigenvalue weighted by molar-refractivity contribution is 5.67. The van der Waals surface area contributed by atoms with Gasteiger partial charge in [0.05, 0.1) is 6.40 Å². The van der Waals surface area contributed by atoms with Gasteiger partial charge in [0.15, 0.2) is 0 Å². The molecule has 0 aliphatic carbocycles. The third-order valence-electron chi connectivity index (χ3n) is 1.57. The fourth-order valence-electron chi connectivity index (χ4n) is 0.970. The van der Waals surface area contributed by atoms with Gasteiger partial charge < -0.3 is 5.11 Å². The van der Waals surface area contributed by atoms with Gasteiger partial charge in [0.2, 0.25) is 0 Å². The number of hydrogen-bond donors (Lipinski definition) is 1. The Morgan fingerprint density at radius 2 is 2.25 bits per heavy atom. The third-order valence-corrected chi connectivity index (χ3v) is 1.57. The predicted octanol–water partition coefficient (Wildman–Crippen LogP) is 2.26. The van der Waals surface area contributed by atoms with E-state index in [1.54, 1.807) is 30.3 Å². The first-order valence-electron chi connectivity index (χ1n) is 4.74. The molecule has 12 heavy (non-hydrogen) atoms. The van der Waals surface area contributed by atoms with Crippen LogP contribution in [0.25, 0.3) is 0 Å². The van der Waals surface area contributed by atoms with Gasteiger partial charge in [-0.1, -0.05) is 37.3 Å². The summed E-state index contributed by atoms with van der Waals surface area (Å²) >= 11 is 0. The zero-order chi connectivity index (χ0) is 10.8. The number of benzene rings is 1. The fourth-order valence-corrected chi connectivity index (χ4v) is 0.970. The van der Waals surface area contributed by atoms with Crippen molar-refractivity contribution < 1.29 is 12.6 Å². The maximum absolute atomic E-state index is 10.6. The van der Waals surface area contributed by atoms with Crippen molar-refractivity contribution in [1.82, 2.24) is 0 Å². The van der Waals surface area contributed by atoms with Crippen LogP contribution in [0.4, 0.5) is 0 Å². The summed E-state index contributed by atoms with van der Waals surface area (Å²) in [6, 6.07) is 8.58. The fraction of sp³-hybridized carbons (Fsp3) is 0.300. The van der Waals surface area contributed by atoms with Crippen LogP contribution in [-0.4, -0.2) is 11.1 Å². The molecule has 0 fully saturated rings. The van der Waals surface area contributed by atoms with Crippen molar-refractivity contribution in [1.29, 1.82) is 0 Å². The molecule has 0 bridgehead atoms. The second-order valence-corrected chi connectivity index (χ2v) is 2.53. The van der Waals surface area contributed by atoms with Gasteiger partial charge >= 0.3 is 5.97 Å². The van der Waals surface area contributed by atoms with Crippen LogP contribution in [0.15, 0.2) is 30.3 Å². The Labute approximate surface area is 74.7 Å². The maximum Gasteiger partial charge on any atom is 0.303 e. The van der Waals surface area contributed by atoms with Gasteiger partial charge in [0, 0.05) is 2.74 Å². The molecule has 1 N–H and O–H groups in total. The van der Waals surface area contributed by atoms with Crippen molar-refractivity contribution in [3.63, 3.8) is 0 Å². The molecular formula is C10H12O2. The SMILES string of the molecule is [2H][C@H](C(=O)O)[13C@]([2H])(C)c1ccccc1. The van der Waals surface area contributed by atoms with Crippen LogP contribution in [0.5, 0.6) is 0 Å². The summed E-state index contributed by atoms with van der Waals surface area (Å²) in [6.45, 7) is 1.44. The monoisotopic (exact) mass is 167 g/mol. The summed E-state index contributed by atoms with van der Waals surface area (Å²) in [6.07, 6.45) is -1.47. The molecule has 0 heterocycles. The van der Waals surface area contributed by atoms with Crippen molar-refractivity contribution in [2.24, 2.45) is 0 Å². The van der Waals surface area contributed by atoms with E-state index >= 15 is 0 Å². The van der Waals surface area contributed by atoms with Gasteiger partial charge in [-0.25, -0.2) is 0 Å². The van der Waals surface area contributed by atoms with Crippen LogP contribution >= 0.6 is 0 Å². The lowest BCUT2D eigenvalue weighted by Gasteiger charge is -2.07. The minimum atomic E-state index is -1.47. The lowest BCUT2D eigenvalue weighted by molar-refractivity contribution is -0.137. The number of carboxylic acid groups (broad SMARTS) is 1. The van der Waals surface area contributed by atoms with E-state index in [0.717, 1.165) is 0 Å². The molecule has 1 aromatic rings. The zero-order valence-electron chi connectivity index (χ0n) is 8.82. The highest BCUT2D eigenvalue weighted by Gasteiger charge is 2.08. The molecular weight excluding hydrogens is 153 g/mol. The molecule has 0 saturated heterocycles. The molecule has 1 rings (SSSR count). The van der Waals surface area contributed by atoms with E-state index in [1.807, 2.05) is 0 Å². The second kappa shape index (κ2) is 3.90. The molecule has 0 amide bonds. The van der Waals surface area contributed by atoms with Crippen molar-refractivity contribution >= 4 is 5.97 Å². The first kappa shape index (κ1) is 6.23. The number of carboxylic acids is 1. The van der Waals surface area contributed by atoms with Crippen LogP contribution < -0.4 is 0 Å². The summed E-state index contributed by atoms with van der Waals surface area (Å²) in [4.78, 5) is 10.6. The summed E-state index contributed by atoms with van der Waals surface area (Å²) < 4.78 is 15.2. The summed E-state index contributed by atoms with van der Waals surface area (Å²) in [5, 5.41) is 8.67. The van der Waals surface area contributed by atoms with E-state index in [9.17, 15) is 4.79 Å². The molecule has 0 radical (unpaired) electrons. The standard InChI is InChI=1S/C10H12O2/c1-8(7-10(11)12)9-5-3-2-4-6-9/h2-6,8H,7H2,1H3,(H,11,12)/t8-/m0/s1/i7D,8+1D/t7-,8-. The Morgan fingerprint density at radius 1 is 1.67 bits per heavy atom. The lowest BCUT2D eigenvalue weighted by Crippen LogP contribution is -2.02. The summed E-state index contributed by atoms with van der Waals surface area (Å²) in [7, 11) is 0. The maximum atomic E-state index is 10.6. The second-order valence-electron chi connectivity index (χ2n) is 2.53. The van der Waals surface area contributed by atoms with E-state index < -0.39 is 18.3 Å². The van der Waals surface area contributed by atoms with Crippen LogP contribution in [0.2, 0.25) is 0 Å². The van der Waals surface area contributed by atoms with Crippen molar-refractivity contribution in [2.75, 3.05) is 0 Å². The highest BCUT2D eigenvalue weighted by Crippen LogP contribution is 2.17. The Balaban J connectivity index is 3.02. The van der Waals surface area contributed by atoms with Gasteiger partial charge in [0.1, 0.15) is 0 Å². The van der Waals surface area contributed by atoms with Crippen LogP contribution in [-0.2, 0) is 4.79 Å². The van der Waals surface area contributed by atoms with E-state index in [4.69, 9.17) is 7.85 Å². The van der Waals surface area contributed by atoms with Gasteiger partial charge in [-0.15, -0.1) is 0 Å². The quantitative estimate of drug-likeness (QED) is 0.701. The molecule has 0 spiro atoms. The van der Waals surface area contributed by atoms with Crippen molar-refractivity contribution in [3.8, 4) is 0 Å².